The largest absolute Gasteiger partial charge is 0.367 e. The minimum atomic E-state index is -0.588. The van der Waals surface area contributed by atoms with Gasteiger partial charge < -0.3 is 9.47 Å². The van der Waals surface area contributed by atoms with Crippen LogP contribution in [0, 0.1) is 0 Å². The lowest BCUT2D eigenvalue weighted by Gasteiger charge is -2.47. The predicted octanol–water partition coefficient (Wildman–Crippen LogP) is 7.58. The van der Waals surface area contributed by atoms with Crippen LogP contribution in [0.5, 0.6) is 0 Å². The van der Waals surface area contributed by atoms with Crippen LogP contribution in [0.25, 0.3) is 0 Å². The Hall–Kier alpha value is -1.64. The summed E-state index contributed by atoms with van der Waals surface area (Å²) < 4.78 is 13.3. The molecule has 0 fully saturated rings. The van der Waals surface area contributed by atoms with E-state index in [9.17, 15) is 0 Å². The minimum absolute atomic E-state index is 0.588. The molecule has 0 aliphatic rings. The van der Waals surface area contributed by atoms with Crippen LogP contribution in [0.15, 0.2) is 48.5 Å². The molecule has 0 spiro atoms. The number of hydrogen-bond acceptors (Lipinski definition) is 2. The minimum Gasteiger partial charge on any atom is -0.367 e. The molecule has 2 unspecified atom stereocenters. The van der Waals surface area contributed by atoms with Gasteiger partial charge in [-0.05, 0) is 61.8 Å². The summed E-state index contributed by atoms with van der Waals surface area (Å²) in [6.07, 6.45) is 6.48. The van der Waals surface area contributed by atoms with Crippen molar-refractivity contribution in [2.24, 2.45) is 0 Å². The third-order valence-electron chi connectivity index (χ3n) is 6.19. The average Bonchev–Trinajstić information content (AvgIpc) is 2.77. The van der Waals surface area contributed by atoms with Gasteiger partial charge in [0.2, 0.25) is 0 Å². The van der Waals surface area contributed by atoms with E-state index in [1.807, 2.05) is 0 Å². The highest BCUT2D eigenvalue weighted by molar-refractivity contribution is 5.36. The molecule has 0 aliphatic heterocycles. The van der Waals surface area contributed by atoms with Crippen molar-refractivity contribution in [1.82, 2.24) is 0 Å². The first-order valence-corrected chi connectivity index (χ1v) is 11.9. The van der Waals surface area contributed by atoms with Crippen molar-refractivity contribution in [3.05, 3.63) is 70.8 Å². The van der Waals surface area contributed by atoms with Gasteiger partial charge in [-0.15, -0.1) is 0 Å². The Morgan fingerprint density at radius 3 is 1.13 bits per heavy atom. The normalized spacial score (nSPS) is 15.5. The van der Waals surface area contributed by atoms with Crippen LogP contribution in [-0.4, -0.2) is 13.2 Å². The van der Waals surface area contributed by atoms with Crippen molar-refractivity contribution in [1.29, 1.82) is 0 Å². The zero-order valence-corrected chi connectivity index (χ0v) is 20.1. The predicted molar refractivity (Wildman–Crippen MR) is 128 cm³/mol. The molecule has 166 valence electrons. The molecule has 0 heterocycles. The highest BCUT2D eigenvalue weighted by Crippen LogP contribution is 2.46. The summed E-state index contributed by atoms with van der Waals surface area (Å²) in [6.45, 7) is 14.6. The SMILES string of the molecule is CCCOC(C)(c1ccc(CCC)cc1)C(C)(OCCC)c1ccc(CCC)cc1. The summed E-state index contributed by atoms with van der Waals surface area (Å²) in [4.78, 5) is 0. The van der Waals surface area contributed by atoms with Crippen LogP contribution in [0.3, 0.4) is 0 Å². The third kappa shape index (κ3) is 5.53. The topological polar surface area (TPSA) is 18.5 Å². The van der Waals surface area contributed by atoms with E-state index in [4.69, 9.17) is 9.47 Å². The molecule has 30 heavy (non-hydrogen) atoms. The fraction of sp³-hybridized carbons (Fsp3) is 0.571. The van der Waals surface area contributed by atoms with Gasteiger partial charge in [0.15, 0.2) is 0 Å². The lowest BCUT2D eigenvalue weighted by molar-refractivity contribution is -0.207. The maximum absolute atomic E-state index is 6.63. The molecule has 0 amide bonds. The molecule has 0 saturated heterocycles. The third-order valence-corrected chi connectivity index (χ3v) is 6.19. The Balaban J connectivity index is 2.54. The molecule has 0 N–H and O–H groups in total. The van der Waals surface area contributed by atoms with Crippen LogP contribution in [0.4, 0.5) is 0 Å². The molecule has 0 aromatic heterocycles. The second kappa shape index (κ2) is 11.7. The van der Waals surface area contributed by atoms with E-state index in [0.29, 0.717) is 13.2 Å². The Morgan fingerprint density at radius 2 is 0.867 bits per heavy atom. The second-order valence-electron chi connectivity index (χ2n) is 8.66. The van der Waals surface area contributed by atoms with Crippen LogP contribution in [0.2, 0.25) is 0 Å². The standard InChI is InChI=1S/C28H42O2/c1-7-11-23-13-17-25(18-14-23)27(5,29-21-9-3)28(6,30-22-10-4)26-19-15-24(12-8-2)16-20-26/h13-20H,7-12,21-22H2,1-6H3. The van der Waals surface area contributed by atoms with Crippen molar-refractivity contribution in [2.45, 2.75) is 91.3 Å². The highest BCUT2D eigenvalue weighted by atomic mass is 16.6. The van der Waals surface area contributed by atoms with Crippen molar-refractivity contribution < 1.29 is 9.47 Å². The molecule has 2 aromatic carbocycles. The van der Waals surface area contributed by atoms with Crippen LogP contribution < -0.4 is 0 Å². The summed E-state index contributed by atoms with van der Waals surface area (Å²) in [5, 5.41) is 0. The molecular weight excluding hydrogens is 368 g/mol. The van der Waals surface area contributed by atoms with E-state index in [1.165, 1.54) is 22.3 Å². The summed E-state index contributed by atoms with van der Waals surface area (Å²) in [5.41, 5.74) is 3.92. The number of ether oxygens (including phenoxy) is 2. The number of rotatable bonds is 13. The fourth-order valence-corrected chi connectivity index (χ4v) is 4.16. The zero-order valence-electron chi connectivity index (χ0n) is 20.1. The first kappa shape index (κ1) is 24.6. The van der Waals surface area contributed by atoms with Crippen LogP contribution in [-0.2, 0) is 33.5 Å². The monoisotopic (exact) mass is 410 g/mol. The Kier molecular flexibility index (Phi) is 9.58. The molecule has 2 heteroatoms. The van der Waals surface area contributed by atoms with E-state index in [0.717, 1.165) is 38.5 Å². The Labute approximate surface area is 185 Å². The summed E-state index contributed by atoms with van der Waals surface area (Å²) in [5.74, 6) is 0. The Morgan fingerprint density at radius 1 is 0.533 bits per heavy atom. The van der Waals surface area contributed by atoms with Gasteiger partial charge in [0, 0.05) is 13.2 Å². The summed E-state index contributed by atoms with van der Waals surface area (Å²) in [6, 6.07) is 17.9. The molecule has 0 aliphatic carbocycles. The average molecular weight is 411 g/mol. The molecule has 0 saturated carbocycles. The van der Waals surface area contributed by atoms with Gasteiger partial charge in [-0.1, -0.05) is 89.1 Å². The molecule has 0 radical (unpaired) electrons. The molecular formula is C28H42O2. The molecule has 2 rings (SSSR count). The highest BCUT2D eigenvalue weighted by Gasteiger charge is 2.49. The fourth-order valence-electron chi connectivity index (χ4n) is 4.16. The maximum atomic E-state index is 6.63. The number of benzene rings is 2. The Bertz CT molecular complexity index is 669. The van der Waals surface area contributed by atoms with E-state index < -0.39 is 11.2 Å². The summed E-state index contributed by atoms with van der Waals surface area (Å²) >= 11 is 0. The molecule has 2 atom stereocenters. The van der Waals surface area contributed by atoms with Crippen molar-refractivity contribution in [2.75, 3.05) is 13.2 Å². The van der Waals surface area contributed by atoms with E-state index >= 15 is 0 Å². The number of hydrogen-bond donors (Lipinski definition) is 0. The first-order chi connectivity index (χ1) is 14.4. The van der Waals surface area contributed by atoms with Crippen molar-refractivity contribution >= 4 is 0 Å². The maximum Gasteiger partial charge on any atom is 0.123 e. The van der Waals surface area contributed by atoms with Gasteiger partial charge >= 0.3 is 0 Å². The van der Waals surface area contributed by atoms with Crippen molar-refractivity contribution in [3.63, 3.8) is 0 Å². The van der Waals surface area contributed by atoms with Crippen LogP contribution >= 0.6 is 0 Å². The quantitative estimate of drug-likeness (QED) is 0.339. The van der Waals surface area contributed by atoms with Gasteiger partial charge in [-0.3, -0.25) is 0 Å². The van der Waals surface area contributed by atoms with Gasteiger partial charge in [0.05, 0.1) is 0 Å². The number of aryl methyl sites for hydroxylation is 2. The van der Waals surface area contributed by atoms with Gasteiger partial charge in [-0.25, -0.2) is 0 Å². The molecule has 2 aromatic rings. The first-order valence-electron chi connectivity index (χ1n) is 11.9. The van der Waals surface area contributed by atoms with Crippen LogP contribution in [0.1, 0.15) is 89.5 Å². The lowest BCUT2D eigenvalue weighted by atomic mass is 9.74. The molecule has 2 nitrogen and oxygen atoms in total. The zero-order chi connectivity index (χ0) is 22.0. The lowest BCUT2D eigenvalue weighted by Crippen LogP contribution is -2.49. The summed E-state index contributed by atoms with van der Waals surface area (Å²) in [7, 11) is 0. The van der Waals surface area contributed by atoms with E-state index in [2.05, 4.69) is 90.1 Å². The second-order valence-corrected chi connectivity index (χ2v) is 8.66. The van der Waals surface area contributed by atoms with Gasteiger partial charge in [0.25, 0.3) is 0 Å². The van der Waals surface area contributed by atoms with Gasteiger partial charge in [-0.2, -0.15) is 0 Å². The van der Waals surface area contributed by atoms with E-state index in [-0.39, 0.29) is 0 Å². The van der Waals surface area contributed by atoms with Gasteiger partial charge in [0.1, 0.15) is 11.2 Å². The molecule has 0 bridgehead atoms. The van der Waals surface area contributed by atoms with Crippen molar-refractivity contribution in [3.8, 4) is 0 Å². The van der Waals surface area contributed by atoms with E-state index in [1.54, 1.807) is 0 Å². The smallest absolute Gasteiger partial charge is 0.123 e.